The molecule has 178 valence electrons. The average Bonchev–Trinajstić information content (AvgIpc) is 3.35. The summed E-state index contributed by atoms with van der Waals surface area (Å²) in [6.07, 6.45) is 0.484. The highest BCUT2D eigenvalue weighted by molar-refractivity contribution is 5.70. The standard InChI is InChI=1S/C19H31N7O6/c27-16(28)14-24-6-4-23(5-7-24)12-15-13-26(19(30)31-15)3-1-2-22-8-10-25(11-9-22)17-20-18(29)32-21-17/h15H,1-14H2,(H,27,28)(H,20,21,29). The van der Waals surface area contributed by atoms with Crippen molar-refractivity contribution in [3.8, 4) is 0 Å². The quantitative estimate of drug-likeness (QED) is 0.447. The minimum absolute atomic E-state index is 0.0782. The molecule has 3 aliphatic heterocycles. The first-order valence-electron chi connectivity index (χ1n) is 11.1. The number of carboxylic acid groups (broad SMARTS) is 1. The number of carbonyl (C=O) groups excluding carboxylic acids is 1. The molecule has 0 aromatic carbocycles. The summed E-state index contributed by atoms with van der Waals surface area (Å²) in [5.74, 6) is -0.866. The van der Waals surface area contributed by atoms with E-state index in [0.29, 0.717) is 25.6 Å². The molecule has 4 rings (SSSR count). The van der Waals surface area contributed by atoms with Gasteiger partial charge < -0.3 is 19.6 Å². The Balaban J connectivity index is 1.11. The van der Waals surface area contributed by atoms with Gasteiger partial charge in [-0.3, -0.25) is 29.0 Å². The Kier molecular flexibility index (Phi) is 7.27. The molecule has 2 N–H and O–H groups in total. The summed E-state index contributed by atoms with van der Waals surface area (Å²) in [5, 5.41) is 12.6. The summed E-state index contributed by atoms with van der Waals surface area (Å²) >= 11 is 0. The van der Waals surface area contributed by atoms with Crippen molar-refractivity contribution in [2.45, 2.75) is 12.5 Å². The molecule has 3 saturated heterocycles. The number of piperazine rings is 2. The monoisotopic (exact) mass is 453 g/mol. The maximum absolute atomic E-state index is 12.2. The van der Waals surface area contributed by atoms with Crippen molar-refractivity contribution >= 4 is 18.0 Å². The topological polar surface area (TPSA) is 139 Å². The van der Waals surface area contributed by atoms with E-state index >= 15 is 0 Å². The van der Waals surface area contributed by atoms with E-state index in [9.17, 15) is 14.4 Å². The highest BCUT2D eigenvalue weighted by Crippen LogP contribution is 2.15. The van der Waals surface area contributed by atoms with Gasteiger partial charge in [0.2, 0.25) is 5.95 Å². The third-order valence-electron chi connectivity index (χ3n) is 6.24. The van der Waals surface area contributed by atoms with Crippen LogP contribution in [0.3, 0.4) is 0 Å². The molecule has 32 heavy (non-hydrogen) atoms. The number of aromatic amines is 1. The van der Waals surface area contributed by atoms with Crippen LogP contribution in [-0.4, -0.2) is 138 Å². The number of hydrogen-bond acceptors (Lipinski definition) is 10. The fourth-order valence-electron chi connectivity index (χ4n) is 4.49. The van der Waals surface area contributed by atoms with Gasteiger partial charge in [-0.05, 0) is 18.1 Å². The van der Waals surface area contributed by atoms with Gasteiger partial charge >= 0.3 is 17.8 Å². The number of carboxylic acids is 1. The molecule has 1 aromatic heterocycles. The third-order valence-corrected chi connectivity index (χ3v) is 6.24. The number of aliphatic carboxylic acids is 1. The number of rotatable bonds is 9. The number of amides is 1. The minimum Gasteiger partial charge on any atom is -0.480 e. The van der Waals surface area contributed by atoms with Crippen LogP contribution >= 0.6 is 0 Å². The second-order valence-corrected chi connectivity index (χ2v) is 8.52. The zero-order valence-corrected chi connectivity index (χ0v) is 18.1. The molecule has 1 atom stereocenters. The zero-order chi connectivity index (χ0) is 22.5. The lowest BCUT2D eigenvalue weighted by molar-refractivity contribution is -0.138. The lowest BCUT2D eigenvalue weighted by Crippen LogP contribution is -2.50. The molecular formula is C19H31N7O6. The Morgan fingerprint density at radius 2 is 1.69 bits per heavy atom. The fraction of sp³-hybridized carbons (Fsp3) is 0.789. The first-order valence-corrected chi connectivity index (χ1v) is 11.1. The Morgan fingerprint density at radius 3 is 2.34 bits per heavy atom. The van der Waals surface area contributed by atoms with Crippen molar-refractivity contribution in [2.75, 3.05) is 90.0 Å². The summed E-state index contributed by atoms with van der Waals surface area (Å²) in [5.41, 5.74) is 0. The van der Waals surface area contributed by atoms with Crippen molar-refractivity contribution in [2.24, 2.45) is 0 Å². The van der Waals surface area contributed by atoms with Crippen molar-refractivity contribution in [3.05, 3.63) is 10.6 Å². The average molecular weight is 454 g/mol. The van der Waals surface area contributed by atoms with Gasteiger partial charge in [0.05, 0.1) is 13.1 Å². The second kappa shape index (κ2) is 10.3. The smallest absolute Gasteiger partial charge is 0.440 e. The van der Waals surface area contributed by atoms with Crippen molar-refractivity contribution in [1.82, 2.24) is 29.7 Å². The molecule has 0 aliphatic carbocycles. The van der Waals surface area contributed by atoms with Crippen molar-refractivity contribution in [3.63, 3.8) is 0 Å². The highest BCUT2D eigenvalue weighted by atomic mass is 16.6. The number of nitrogens with zero attached hydrogens (tertiary/aromatic N) is 6. The van der Waals surface area contributed by atoms with E-state index in [2.05, 4.69) is 24.5 Å². The van der Waals surface area contributed by atoms with E-state index in [-0.39, 0.29) is 18.7 Å². The first-order chi connectivity index (χ1) is 15.5. The lowest BCUT2D eigenvalue weighted by Gasteiger charge is -2.34. The number of hydrogen-bond donors (Lipinski definition) is 2. The number of anilines is 1. The molecular weight excluding hydrogens is 422 g/mol. The van der Waals surface area contributed by atoms with E-state index in [4.69, 9.17) is 9.84 Å². The van der Waals surface area contributed by atoms with Gasteiger partial charge in [0.25, 0.3) is 0 Å². The van der Waals surface area contributed by atoms with E-state index in [1.54, 1.807) is 4.90 Å². The minimum atomic E-state index is -0.799. The summed E-state index contributed by atoms with van der Waals surface area (Å²) < 4.78 is 10.1. The predicted molar refractivity (Wildman–Crippen MR) is 113 cm³/mol. The Hall–Kier alpha value is -2.64. The predicted octanol–water partition coefficient (Wildman–Crippen LogP) is -1.60. The van der Waals surface area contributed by atoms with Crippen molar-refractivity contribution < 1.29 is 24.0 Å². The molecule has 3 fully saturated rings. The molecule has 0 saturated carbocycles. The number of ether oxygens (including phenoxy) is 1. The van der Waals surface area contributed by atoms with Crippen LogP contribution in [0.25, 0.3) is 0 Å². The molecule has 1 unspecified atom stereocenters. The van der Waals surface area contributed by atoms with Crippen LogP contribution in [0.15, 0.2) is 9.32 Å². The van der Waals surface area contributed by atoms with Crippen LogP contribution in [0.1, 0.15) is 6.42 Å². The maximum Gasteiger partial charge on any atom is 0.440 e. The lowest BCUT2D eigenvalue weighted by atomic mass is 10.2. The summed E-state index contributed by atoms with van der Waals surface area (Å²) in [4.78, 5) is 47.0. The maximum atomic E-state index is 12.2. The molecule has 13 heteroatoms. The van der Waals surface area contributed by atoms with Gasteiger partial charge in [-0.25, -0.2) is 9.59 Å². The van der Waals surface area contributed by atoms with E-state index < -0.39 is 11.7 Å². The number of H-pyrrole nitrogens is 1. The van der Waals surface area contributed by atoms with Gasteiger partial charge in [0.1, 0.15) is 6.10 Å². The molecule has 0 spiro atoms. The largest absolute Gasteiger partial charge is 0.480 e. The SMILES string of the molecule is O=C(O)CN1CCN(CC2CN(CCCN3CCN(c4noc(=O)[nH]4)CC3)C(=O)O2)CC1. The van der Waals surface area contributed by atoms with Gasteiger partial charge in [0, 0.05) is 65.4 Å². The van der Waals surface area contributed by atoms with Gasteiger partial charge in [-0.2, -0.15) is 0 Å². The van der Waals surface area contributed by atoms with Crippen LogP contribution in [0.2, 0.25) is 0 Å². The first kappa shape index (κ1) is 22.6. The molecule has 3 aliphatic rings. The van der Waals surface area contributed by atoms with E-state index in [1.165, 1.54) is 0 Å². The van der Waals surface area contributed by atoms with Crippen LogP contribution in [0.5, 0.6) is 0 Å². The van der Waals surface area contributed by atoms with Gasteiger partial charge in [0.15, 0.2) is 0 Å². The molecule has 1 amide bonds. The van der Waals surface area contributed by atoms with E-state index in [1.807, 2.05) is 9.80 Å². The molecule has 0 radical (unpaired) electrons. The molecule has 0 bridgehead atoms. The van der Waals surface area contributed by atoms with Crippen molar-refractivity contribution in [1.29, 1.82) is 0 Å². The summed E-state index contributed by atoms with van der Waals surface area (Å²) in [6, 6.07) is 0. The van der Waals surface area contributed by atoms with Crippen LogP contribution in [-0.2, 0) is 9.53 Å². The van der Waals surface area contributed by atoms with E-state index in [0.717, 1.165) is 65.3 Å². The summed E-state index contributed by atoms with van der Waals surface area (Å²) in [7, 11) is 0. The number of nitrogens with one attached hydrogen (secondary N) is 1. The highest BCUT2D eigenvalue weighted by Gasteiger charge is 2.33. The Labute approximate surface area is 185 Å². The number of carbonyl (C=O) groups is 2. The van der Waals surface area contributed by atoms with Gasteiger partial charge in [-0.15, -0.1) is 0 Å². The molecule has 4 heterocycles. The number of aromatic nitrogens is 2. The van der Waals surface area contributed by atoms with Crippen LogP contribution in [0.4, 0.5) is 10.7 Å². The van der Waals surface area contributed by atoms with Gasteiger partial charge in [-0.1, -0.05) is 0 Å². The Morgan fingerprint density at radius 1 is 1.00 bits per heavy atom. The third kappa shape index (κ3) is 5.99. The van der Waals surface area contributed by atoms with Crippen LogP contribution in [0, 0.1) is 0 Å². The zero-order valence-electron chi connectivity index (χ0n) is 18.1. The molecule has 1 aromatic rings. The normalized spacial score (nSPS) is 23.6. The number of cyclic esters (lactones) is 1. The van der Waals surface area contributed by atoms with Crippen LogP contribution < -0.4 is 10.7 Å². The Bertz CT molecular complexity index is 828. The fourth-order valence-corrected chi connectivity index (χ4v) is 4.49. The second-order valence-electron chi connectivity index (χ2n) is 8.52. The summed E-state index contributed by atoms with van der Waals surface area (Å²) in [6.45, 7) is 9.17. The molecule has 13 nitrogen and oxygen atoms in total.